The molecule has 24 heavy (non-hydrogen) atoms. The van der Waals surface area contributed by atoms with Crippen molar-refractivity contribution < 1.29 is 13.2 Å². The highest BCUT2D eigenvalue weighted by molar-refractivity contribution is 7.92. The summed E-state index contributed by atoms with van der Waals surface area (Å²) in [5, 5.41) is 2.74. The van der Waals surface area contributed by atoms with E-state index in [1.54, 1.807) is 36.4 Å². The Balaban J connectivity index is 2.25. The average Bonchev–Trinajstić information content (AvgIpc) is 2.54. The van der Waals surface area contributed by atoms with Crippen LogP contribution < -0.4 is 9.62 Å². The molecule has 2 rings (SSSR count). The summed E-state index contributed by atoms with van der Waals surface area (Å²) in [6, 6.07) is 15.1. The topological polar surface area (TPSA) is 66.5 Å². The van der Waals surface area contributed by atoms with Crippen molar-refractivity contribution in [3.8, 4) is 0 Å². The highest BCUT2D eigenvalue weighted by atomic mass is 32.2. The third-order valence-corrected chi connectivity index (χ3v) is 5.27. The van der Waals surface area contributed by atoms with E-state index in [-0.39, 0.29) is 16.7 Å². The van der Waals surface area contributed by atoms with Gasteiger partial charge >= 0.3 is 0 Å². The van der Waals surface area contributed by atoms with Crippen LogP contribution in [-0.4, -0.2) is 21.4 Å². The molecule has 0 aliphatic carbocycles. The predicted molar refractivity (Wildman–Crippen MR) is 96.6 cm³/mol. The van der Waals surface area contributed by atoms with Gasteiger partial charge in [-0.2, -0.15) is 0 Å². The van der Waals surface area contributed by atoms with Gasteiger partial charge in [0.25, 0.3) is 10.0 Å². The number of sulfonamides is 1. The van der Waals surface area contributed by atoms with Gasteiger partial charge in [0, 0.05) is 19.2 Å². The van der Waals surface area contributed by atoms with E-state index in [4.69, 9.17) is 0 Å². The highest BCUT2D eigenvalue weighted by Crippen LogP contribution is 2.23. The molecule has 0 aliphatic rings. The molecular weight excluding hydrogens is 324 g/mol. The van der Waals surface area contributed by atoms with E-state index in [1.807, 2.05) is 19.9 Å². The second-order valence-corrected chi connectivity index (χ2v) is 7.95. The maximum Gasteiger partial charge on any atom is 0.264 e. The van der Waals surface area contributed by atoms with Gasteiger partial charge < -0.3 is 5.32 Å². The zero-order chi connectivity index (χ0) is 17.7. The van der Waals surface area contributed by atoms with Gasteiger partial charge in [-0.1, -0.05) is 38.1 Å². The normalized spacial score (nSPS) is 11.3. The van der Waals surface area contributed by atoms with E-state index in [0.717, 1.165) is 0 Å². The smallest absolute Gasteiger partial charge is 0.264 e. The molecule has 0 atom stereocenters. The highest BCUT2D eigenvalue weighted by Gasteiger charge is 2.21. The molecule has 0 fully saturated rings. The molecule has 2 aromatic rings. The Bertz CT molecular complexity index is 802. The fourth-order valence-electron chi connectivity index (χ4n) is 2.25. The first-order valence-corrected chi connectivity index (χ1v) is 9.18. The molecule has 0 spiro atoms. The van der Waals surface area contributed by atoms with Gasteiger partial charge in [0.1, 0.15) is 0 Å². The SMILES string of the molecule is CC(C)CC(=O)Nc1cccc(S(=O)(=O)N(C)c2ccccc2)c1. The molecule has 0 saturated heterocycles. The number of carbonyl (C=O) groups excluding carboxylic acids is 1. The van der Waals surface area contributed by atoms with Gasteiger partial charge in [0.2, 0.25) is 5.91 Å². The van der Waals surface area contributed by atoms with E-state index < -0.39 is 10.0 Å². The molecule has 5 nitrogen and oxygen atoms in total. The number of carbonyl (C=O) groups is 1. The van der Waals surface area contributed by atoms with Crippen LogP contribution in [0.1, 0.15) is 20.3 Å². The summed E-state index contributed by atoms with van der Waals surface area (Å²) in [6.45, 7) is 3.91. The van der Waals surface area contributed by atoms with Crippen molar-refractivity contribution in [2.24, 2.45) is 5.92 Å². The number of amides is 1. The van der Waals surface area contributed by atoms with Gasteiger partial charge in [-0.05, 0) is 36.2 Å². The number of nitrogens with one attached hydrogen (secondary N) is 1. The van der Waals surface area contributed by atoms with Crippen LogP contribution in [0, 0.1) is 5.92 Å². The van der Waals surface area contributed by atoms with Crippen molar-refractivity contribution >= 4 is 27.3 Å². The van der Waals surface area contributed by atoms with Crippen molar-refractivity contribution in [1.29, 1.82) is 0 Å². The summed E-state index contributed by atoms with van der Waals surface area (Å²) < 4.78 is 26.7. The summed E-state index contributed by atoms with van der Waals surface area (Å²) >= 11 is 0. The quantitative estimate of drug-likeness (QED) is 0.870. The fraction of sp³-hybridized carbons (Fsp3) is 0.278. The monoisotopic (exact) mass is 346 g/mol. The Morgan fingerprint density at radius 2 is 1.75 bits per heavy atom. The lowest BCUT2D eigenvalue weighted by molar-refractivity contribution is -0.116. The minimum atomic E-state index is -3.69. The van der Waals surface area contributed by atoms with Crippen LogP contribution >= 0.6 is 0 Å². The standard InChI is InChI=1S/C18H22N2O3S/c1-14(2)12-18(21)19-15-8-7-11-17(13-15)24(22,23)20(3)16-9-5-4-6-10-16/h4-11,13-14H,12H2,1-3H3,(H,19,21). The zero-order valence-corrected chi connectivity index (χ0v) is 14.9. The Kier molecular flexibility index (Phi) is 5.62. The maximum absolute atomic E-state index is 12.8. The van der Waals surface area contributed by atoms with Gasteiger partial charge in [0.05, 0.1) is 10.6 Å². The van der Waals surface area contributed by atoms with E-state index in [0.29, 0.717) is 17.8 Å². The summed E-state index contributed by atoms with van der Waals surface area (Å²) in [5.74, 6) is 0.108. The molecule has 0 unspecified atom stereocenters. The van der Waals surface area contributed by atoms with Crippen LogP contribution in [0.4, 0.5) is 11.4 Å². The molecule has 2 aromatic carbocycles. The first kappa shape index (κ1) is 18.0. The van der Waals surface area contributed by atoms with Crippen LogP contribution in [0.3, 0.4) is 0 Å². The van der Waals surface area contributed by atoms with Crippen LogP contribution in [0.25, 0.3) is 0 Å². The molecule has 0 heterocycles. The Morgan fingerprint density at radius 1 is 1.08 bits per heavy atom. The second kappa shape index (κ2) is 7.49. The first-order chi connectivity index (χ1) is 11.3. The number of para-hydroxylation sites is 1. The average molecular weight is 346 g/mol. The molecule has 0 saturated carbocycles. The third kappa shape index (κ3) is 4.35. The molecule has 1 N–H and O–H groups in total. The van der Waals surface area contributed by atoms with Crippen molar-refractivity contribution in [2.75, 3.05) is 16.7 Å². The molecular formula is C18H22N2O3S. The Morgan fingerprint density at radius 3 is 2.38 bits per heavy atom. The zero-order valence-electron chi connectivity index (χ0n) is 14.1. The van der Waals surface area contributed by atoms with Crippen molar-refractivity contribution in [3.05, 3.63) is 54.6 Å². The number of rotatable bonds is 6. The minimum absolute atomic E-state index is 0.129. The van der Waals surface area contributed by atoms with E-state index in [2.05, 4.69) is 5.32 Å². The Labute approximate surface area is 143 Å². The largest absolute Gasteiger partial charge is 0.326 e. The molecule has 0 radical (unpaired) electrons. The second-order valence-electron chi connectivity index (χ2n) is 5.98. The molecule has 128 valence electrons. The van der Waals surface area contributed by atoms with Gasteiger partial charge in [-0.3, -0.25) is 9.10 Å². The van der Waals surface area contributed by atoms with Gasteiger partial charge in [-0.15, -0.1) is 0 Å². The summed E-state index contributed by atoms with van der Waals surface area (Å²) in [6.07, 6.45) is 0.390. The molecule has 0 aromatic heterocycles. The number of benzene rings is 2. The van der Waals surface area contributed by atoms with E-state index in [9.17, 15) is 13.2 Å². The summed E-state index contributed by atoms with van der Waals surface area (Å²) in [7, 11) is -2.18. The lowest BCUT2D eigenvalue weighted by Gasteiger charge is -2.20. The molecule has 1 amide bonds. The molecule has 6 heteroatoms. The maximum atomic E-state index is 12.8. The fourth-order valence-corrected chi connectivity index (χ4v) is 3.49. The van der Waals surface area contributed by atoms with Crippen molar-refractivity contribution in [3.63, 3.8) is 0 Å². The van der Waals surface area contributed by atoms with Crippen LogP contribution in [0.15, 0.2) is 59.5 Å². The van der Waals surface area contributed by atoms with Crippen LogP contribution in [0.2, 0.25) is 0 Å². The molecule has 0 bridgehead atoms. The van der Waals surface area contributed by atoms with Crippen LogP contribution in [-0.2, 0) is 14.8 Å². The van der Waals surface area contributed by atoms with Crippen LogP contribution in [0.5, 0.6) is 0 Å². The van der Waals surface area contributed by atoms with E-state index >= 15 is 0 Å². The first-order valence-electron chi connectivity index (χ1n) is 7.74. The Hall–Kier alpha value is -2.34. The third-order valence-electron chi connectivity index (χ3n) is 3.49. The lowest BCUT2D eigenvalue weighted by Crippen LogP contribution is -2.26. The number of anilines is 2. The van der Waals surface area contributed by atoms with Gasteiger partial charge in [-0.25, -0.2) is 8.42 Å². The summed E-state index contributed by atoms with van der Waals surface area (Å²) in [4.78, 5) is 12.0. The molecule has 0 aliphatic heterocycles. The number of hydrogen-bond donors (Lipinski definition) is 1. The van der Waals surface area contributed by atoms with E-state index in [1.165, 1.54) is 23.5 Å². The number of nitrogens with zero attached hydrogens (tertiary/aromatic N) is 1. The van der Waals surface area contributed by atoms with Crippen molar-refractivity contribution in [2.45, 2.75) is 25.2 Å². The van der Waals surface area contributed by atoms with Gasteiger partial charge in [0.15, 0.2) is 0 Å². The summed E-state index contributed by atoms with van der Waals surface area (Å²) in [5.41, 5.74) is 1.05. The lowest BCUT2D eigenvalue weighted by atomic mass is 10.1. The number of hydrogen-bond acceptors (Lipinski definition) is 3. The van der Waals surface area contributed by atoms with Crippen molar-refractivity contribution in [1.82, 2.24) is 0 Å². The predicted octanol–water partition coefficient (Wildman–Crippen LogP) is 3.50. The minimum Gasteiger partial charge on any atom is -0.326 e.